The maximum atomic E-state index is 13.7. The number of thioether (sulfide) groups is 2. The summed E-state index contributed by atoms with van der Waals surface area (Å²) in [4.78, 5) is 14.8. The van der Waals surface area contributed by atoms with E-state index in [9.17, 15) is 4.79 Å². The van der Waals surface area contributed by atoms with Crippen LogP contribution in [0.15, 0.2) is 63.4 Å². The van der Waals surface area contributed by atoms with Gasteiger partial charge < -0.3 is 4.57 Å². The number of hydrogen-bond acceptors (Lipinski definition) is 5. The third-order valence-corrected chi connectivity index (χ3v) is 9.33. The molecule has 0 spiro atoms. The highest BCUT2D eigenvalue weighted by molar-refractivity contribution is 8.22. The van der Waals surface area contributed by atoms with Gasteiger partial charge in [0.2, 0.25) is 0 Å². The van der Waals surface area contributed by atoms with Crippen LogP contribution in [0.4, 0.5) is 0 Å². The Morgan fingerprint density at radius 1 is 1.14 bits per heavy atom. The molecule has 1 atom stereocenters. The number of aromatic nitrogens is 1. The zero-order valence-electron chi connectivity index (χ0n) is 16.1. The van der Waals surface area contributed by atoms with Gasteiger partial charge in [-0.3, -0.25) is 4.79 Å². The fourth-order valence-electron chi connectivity index (χ4n) is 3.36. The van der Waals surface area contributed by atoms with Crippen LogP contribution in [0.1, 0.15) is 32.3 Å². The van der Waals surface area contributed by atoms with E-state index in [-0.39, 0.29) is 11.7 Å². The van der Waals surface area contributed by atoms with Crippen molar-refractivity contribution >= 4 is 64.5 Å². The molecular formula is C22H18ClNOS4. The summed E-state index contributed by atoms with van der Waals surface area (Å²) < 4.78 is 3.88. The molecule has 4 rings (SSSR count). The smallest absolute Gasteiger partial charge is 0.191 e. The fourth-order valence-corrected chi connectivity index (χ4v) is 7.16. The van der Waals surface area contributed by atoms with Gasteiger partial charge in [0.15, 0.2) is 9.74 Å². The van der Waals surface area contributed by atoms with E-state index >= 15 is 0 Å². The topological polar surface area (TPSA) is 22.0 Å². The zero-order chi connectivity index (χ0) is 20.7. The van der Waals surface area contributed by atoms with Gasteiger partial charge >= 0.3 is 0 Å². The minimum atomic E-state index is -0.160. The Morgan fingerprint density at radius 2 is 1.79 bits per heavy atom. The lowest BCUT2D eigenvalue weighted by molar-refractivity contribution is 0.102. The third-order valence-electron chi connectivity index (χ3n) is 4.89. The summed E-state index contributed by atoms with van der Waals surface area (Å²) in [6.45, 7) is 2.02. The van der Waals surface area contributed by atoms with Gasteiger partial charge in [0, 0.05) is 23.2 Å². The number of fused-ring (bicyclic) bond motifs is 1. The Labute approximate surface area is 193 Å². The van der Waals surface area contributed by atoms with Gasteiger partial charge in [0.05, 0.1) is 20.1 Å². The van der Waals surface area contributed by atoms with Gasteiger partial charge in [-0.1, -0.05) is 65.3 Å². The number of Topliss-reactive ketones (excluding diaryl/α,β-unsaturated/α-hetero) is 1. The van der Waals surface area contributed by atoms with Crippen LogP contribution in [-0.2, 0) is 7.05 Å². The van der Waals surface area contributed by atoms with Gasteiger partial charge in [-0.15, -0.1) is 23.1 Å². The molecule has 0 aliphatic carbocycles. The normalized spacial score (nSPS) is 16.1. The number of carbonyl (C=O) groups excluding carboxylic acids is 1. The number of halogens is 1. The summed E-state index contributed by atoms with van der Waals surface area (Å²) >= 11 is 16.6. The Kier molecular flexibility index (Phi) is 6.09. The molecule has 0 saturated heterocycles. The van der Waals surface area contributed by atoms with E-state index in [2.05, 4.69) is 0 Å². The molecule has 0 saturated carbocycles. The van der Waals surface area contributed by atoms with Crippen molar-refractivity contribution in [1.82, 2.24) is 4.57 Å². The van der Waals surface area contributed by atoms with Gasteiger partial charge in [-0.2, -0.15) is 0 Å². The summed E-state index contributed by atoms with van der Waals surface area (Å²) in [5, 5.41) is 1.80. The highest BCUT2D eigenvalue weighted by Gasteiger charge is 2.36. The van der Waals surface area contributed by atoms with Gasteiger partial charge in [-0.05, 0) is 43.1 Å². The van der Waals surface area contributed by atoms with E-state index < -0.39 is 0 Å². The number of carbonyl (C=O) groups is 1. The number of aryl methyl sites for hydroxylation is 1. The van der Waals surface area contributed by atoms with Crippen molar-refractivity contribution in [3.05, 3.63) is 88.9 Å². The monoisotopic (exact) mass is 475 g/mol. The van der Waals surface area contributed by atoms with Crippen molar-refractivity contribution in [2.75, 3.05) is 6.26 Å². The largest absolute Gasteiger partial charge is 0.321 e. The molecule has 3 aromatic rings. The second kappa shape index (κ2) is 8.44. The Balaban J connectivity index is 1.94. The number of ketones is 1. The highest BCUT2D eigenvalue weighted by Crippen LogP contribution is 2.53. The average Bonchev–Trinajstić information content (AvgIpc) is 3.01. The SMILES string of the molecule is CSC1=C(C(=O)c2ccc(C)cc2)C(c2ccc(Cl)cc2)c2sc(=S)n(C)c2S1. The second-order valence-corrected chi connectivity index (χ2v) is 11.0. The van der Waals surface area contributed by atoms with Crippen molar-refractivity contribution in [2.45, 2.75) is 17.9 Å². The summed E-state index contributed by atoms with van der Waals surface area (Å²) in [5.74, 6) is -0.0953. The second-order valence-electron chi connectivity index (χ2n) is 6.78. The quantitative estimate of drug-likeness (QED) is 0.288. The zero-order valence-corrected chi connectivity index (χ0v) is 20.1. The molecule has 0 fully saturated rings. The first-order valence-electron chi connectivity index (χ1n) is 8.93. The molecule has 148 valence electrons. The van der Waals surface area contributed by atoms with Crippen LogP contribution in [-0.4, -0.2) is 16.6 Å². The molecule has 1 aromatic heterocycles. The number of rotatable bonds is 4. The maximum absolute atomic E-state index is 13.7. The van der Waals surface area contributed by atoms with Crippen molar-refractivity contribution in [3.63, 3.8) is 0 Å². The van der Waals surface area contributed by atoms with Crippen LogP contribution >= 0.6 is 58.7 Å². The van der Waals surface area contributed by atoms with Crippen molar-refractivity contribution < 1.29 is 4.79 Å². The fraction of sp³-hybridized carbons (Fsp3) is 0.182. The molecule has 2 aromatic carbocycles. The van der Waals surface area contributed by atoms with E-state index in [1.807, 2.05) is 73.3 Å². The maximum Gasteiger partial charge on any atom is 0.191 e. The van der Waals surface area contributed by atoms with Crippen molar-refractivity contribution in [3.8, 4) is 0 Å². The van der Waals surface area contributed by atoms with E-state index in [0.717, 1.165) is 34.8 Å². The predicted octanol–water partition coefficient (Wildman–Crippen LogP) is 7.47. The van der Waals surface area contributed by atoms with Gasteiger partial charge in [0.25, 0.3) is 0 Å². The minimum Gasteiger partial charge on any atom is -0.321 e. The molecule has 0 radical (unpaired) electrons. The van der Waals surface area contributed by atoms with Gasteiger partial charge in [0.1, 0.15) is 0 Å². The van der Waals surface area contributed by atoms with Crippen molar-refractivity contribution in [1.29, 1.82) is 0 Å². The summed E-state index contributed by atoms with van der Waals surface area (Å²) in [5.41, 5.74) is 3.71. The molecule has 1 unspecified atom stereocenters. The Hall–Kier alpha value is -1.31. The van der Waals surface area contributed by atoms with Crippen LogP contribution in [0.25, 0.3) is 0 Å². The molecule has 0 amide bonds. The molecule has 0 bridgehead atoms. The number of benzene rings is 2. The molecule has 2 nitrogen and oxygen atoms in total. The van der Waals surface area contributed by atoms with Crippen LogP contribution in [0.3, 0.4) is 0 Å². The number of hydrogen-bond donors (Lipinski definition) is 0. The molecule has 29 heavy (non-hydrogen) atoms. The lowest BCUT2D eigenvalue weighted by atomic mass is 9.86. The molecule has 1 aliphatic heterocycles. The molecule has 1 aliphatic rings. The standard InChI is InChI=1S/C22H18ClNOS4/c1-12-4-6-14(7-5-12)18(25)17-16(13-8-10-15(23)11-9-13)19-20(29-21(17)27-3)24(2)22(26)28-19/h4-11,16H,1-3H3. The molecule has 0 N–H and O–H groups in total. The van der Waals surface area contributed by atoms with E-state index in [1.54, 1.807) is 34.9 Å². The first-order valence-corrected chi connectivity index (χ1v) is 12.6. The Bertz CT molecular complexity index is 1170. The number of nitrogens with zero attached hydrogens (tertiary/aromatic N) is 1. The van der Waals surface area contributed by atoms with Crippen LogP contribution < -0.4 is 0 Å². The van der Waals surface area contributed by atoms with E-state index in [1.165, 1.54) is 0 Å². The summed E-state index contributed by atoms with van der Waals surface area (Å²) in [6, 6.07) is 15.6. The molecule has 2 heterocycles. The Morgan fingerprint density at radius 3 is 2.41 bits per heavy atom. The first-order chi connectivity index (χ1) is 13.9. The third kappa shape index (κ3) is 3.89. The van der Waals surface area contributed by atoms with Crippen molar-refractivity contribution in [2.24, 2.45) is 7.05 Å². The first kappa shape index (κ1) is 20.9. The lowest BCUT2D eigenvalue weighted by Gasteiger charge is -2.27. The van der Waals surface area contributed by atoms with Gasteiger partial charge in [-0.25, -0.2) is 0 Å². The van der Waals surface area contributed by atoms with Crippen LogP contribution in [0, 0.1) is 10.9 Å². The lowest BCUT2D eigenvalue weighted by Crippen LogP contribution is -2.18. The van der Waals surface area contributed by atoms with Crippen LogP contribution in [0.2, 0.25) is 5.02 Å². The number of allylic oxidation sites excluding steroid dienone is 1. The number of thiazole rings is 1. The minimum absolute atomic E-state index is 0.0643. The van der Waals surface area contributed by atoms with E-state index in [4.69, 9.17) is 23.8 Å². The van der Waals surface area contributed by atoms with Crippen LogP contribution in [0.5, 0.6) is 0 Å². The summed E-state index contributed by atoms with van der Waals surface area (Å²) in [6.07, 6.45) is 2.02. The average molecular weight is 476 g/mol. The molecular weight excluding hydrogens is 458 g/mol. The highest BCUT2D eigenvalue weighted by atomic mass is 35.5. The van der Waals surface area contributed by atoms with E-state index in [0.29, 0.717) is 10.6 Å². The predicted molar refractivity (Wildman–Crippen MR) is 129 cm³/mol. The molecule has 7 heteroatoms. The summed E-state index contributed by atoms with van der Waals surface area (Å²) in [7, 11) is 1.99.